The summed E-state index contributed by atoms with van der Waals surface area (Å²) >= 11 is 0. The van der Waals surface area contributed by atoms with Crippen molar-refractivity contribution in [1.82, 2.24) is 15.3 Å². The summed E-state index contributed by atoms with van der Waals surface area (Å²) in [5.41, 5.74) is 4.01. The lowest BCUT2D eigenvalue weighted by Gasteiger charge is -2.11. The highest BCUT2D eigenvalue weighted by Crippen LogP contribution is 2.47. The Kier molecular flexibility index (Phi) is 3.57. The Morgan fingerprint density at radius 2 is 2.11 bits per heavy atom. The first-order valence-corrected chi connectivity index (χ1v) is 9.33. The molecule has 4 aromatic rings. The van der Waals surface area contributed by atoms with Crippen LogP contribution in [-0.2, 0) is 4.79 Å². The SMILES string of the molecule is Cc1ccc2oc([C@@H](C)NC(=O)[C@H]3C[C@@H]3c3nc4ccccc4[nH]3)cc2c1. The number of furan rings is 1. The van der Waals surface area contributed by atoms with Crippen LogP contribution in [0.1, 0.15) is 42.5 Å². The van der Waals surface area contributed by atoms with Gasteiger partial charge in [-0.05, 0) is 50.6 Å². The number of aryl methyl sites for hydroxylation is 1. The Morgan fingerprint density at radius 1 is 1.26 bits per heavy atom. The minimum Gasteiger partial charge on any atom is -0.459 e. The minimum atomic E-state index is -0.165. The van der Waals surface area contributed by atoms with E-state index in [1.54, 1.807) is 0 Å². The predicted octanol–water partition coefficient (Wildman–Crippen LogP) is 4.60. The number of H-pyrrole nitrogens is 1. The highest BCUT2D eigenvalue weighted by atomic mass is 16.3. The normalized spacial score (nSPS) is 20.1. The lowest BCUT2D eigenvalue weighted by atomic mass is 10.1. The third-order valence-corrected chi connectivity index (χ3v) is 5.36. The van der Waals surface area contributed by atoms with Crippen molar-refractivity contribution in [2.75, 3.05) is 0 Å². The summed E-state index contributed by atoms with van der Waals surface area (Å²) in [6, 6.07) is 15.9. The Labute approximate surface area is 156 Å². The summed E-state index contributed by atoms with van der Waals surface area (Å²) in [5.74, 6) is 1.89. The zero-order valence-corrected chi connectivity index (χ0v) is 15.3. The molecule has 2 aromatic carbocycles. The summed E-state index contributed by atoms with van der Waals surface area (Å²) in [7, 11) is 0. The van der Waals surface area contributed by atoms with Gasteiger partial charge in [-0.15, -0.1) is 0 Å². The lowest BCUT2D eigenvalue weighted by molar-refractivity contribution is -0.123. The summed E-state index contributed by atoms with van der Waals surface area (Å²) in [4.78, 5) is 20.6. The van der Waals surface area contributed by atoms with Crippen molar-refractivity contribution in [2.24, 2.45) is 5.92 Å². The summed E-state index contributed by atoms with van der Waals surface area (Å²) in [6.07, 6.45) is 0.831. The number of amides is 1. The molecule has 0 bridgehead atoms. The molecule has 1 saturated carbocycles. The molecule has 1 aliphatic rings. The number of hydrogen-bond acceptors (Lipinski definition) is 3. The molecule has 1 fully saturated rings. The first-order valence-electron chi connectivity index (χ1n) is 9.33. The monoisotopic (exact) mass is 359 g/mol. The van der Waals surface area contributed by atoms with Crippen LogP contribution in [-0.4, -0.2) is 15.9 Å². The Morgan fingerprint density at radius 3 is 2.96 bits per heavy atom. The topological polar surface area (TPSA) is 70.9 Å². The standard InChI is InChI=1S/C22H21N3O2/c1-12-7-8-19-14(9-12)10-20(27-19)13(2)23-22(26)16-11-15(16)21-24-17-5-3-4-6-18(17)25-21/h3-10,13,15-16H,11H2,1-2H3,(H,23,26)(H,24,25)/t13-,15+,16+/m1/s1. The van der Waals surface area contributed by atoms with Gasteiger partial charge in [-0.1, -0.05) is 23.8 Å². The van der Waals surface area contributed by atoms with Gasteiger partial charge in [-0.25, -0.2) is 4.98 Å². The molecule has 0 radical (unpaired) electrons. The molecule has 3 atom stereocenters. The van der Waals surface area contributed by atoms with E-state index in [2.05, 4.69) is 28.3 Å². The number of carbonyl (C=O) groups is 1. The van der Waals surface area contributed by atoms with E-state index in [1.807, 2.05) is 49.4 Å². The third kappa shape index (κ3) is 2.89. The van der Waals surface area contributed by atoms with Crippen LogP contribution in [0.25, 0.3) is 22.0 Å². The Balaban J connectivity index is 1.28. The number of aromatic nitrogens is 2. The van der Waals surface area contributed by atoms with Crippen LogP contribution in [0.5, 0.6) is 0 Å². The molecule has 27 heavy (non-hydrogen) atoms. The second-order valence-electron chi connectivity index (χ2n) is 7.51. The molecule has 2 aromatic heterocycles. The number of carbonyl (C=O) groups excluding carboxylic acids is 1. The third-order valence-electron chi connectivity index (χ3n) is 5.36. The van der Waals surface area contributed by atoms with Crippen LogP contribution in [0, 0.1) is 12.8 Å². The van der Waals surface area contributed by atoms with Crippen LogP contribution in [0.4, 0.5) is 0 Å². The summed E-state index contributed by atoms with van der Waals surface area (Å²) in [6.45, 7) is 4.02. The van der Waals surface area contributed by atoms with Crippen molar-refractivity contribution in [2.45, 2.75) is 32.2 Å². The van der Waals surface area contributed by atoms with Gasteiger partial charge in [0.1, 0.15) is 17.2 Å². The quantitative estimate of drug-likeness (QED) is 0.559. The van der Waals surface area contributed by atoms with E-state index in [9.17, 15) is 4.79 Å². The molecular weight excluding hydrogens is 338 g/mol. The maximum Gasteiger partial charge on any atom is 0.224 e. The predicted molar refractivity (Wildman–Crippen MR) is 104 cm³/mol. The number of nitrogens with zero attached hydrogens (tertiary/aromatic N) is 1. The van der Waals surface area contributed by atoms with E-state index in [-0.39, 0.29) is 23.8 Å². The maximum absolute atomic E-state index is 12.7. The van der Waals surface area contributed by atoms with E-state index in [1.165, 1.54) is 5.56 Å². The van der Waals surface area contributed by atoms with Gasteiger partial charge in [0.2, 0.25) is 5.91 Å². The molecule has 5 rings (SSSR count). The van der Waals surface area contributed by atoms with Gasteiger partial charge in [0.25, 0.3) is 0 Å². The average Bonchev–Trinajstić information content (AvgIpc) is 3.16. The molecule has 1 aliphatic carbocycles. The molecule has 0 spiro atoms. The minimum absolute atomic E-state index is 0.0281. The second-order valence-corrected chi connectivity index (χ2v) is 7.51. The lowest BCUT2D eigenvalue weighted by Crippen LogP contribution is -2.28. The van der Waals surface area contributed by atoms with Crippen molar-refractivity contribution < 1.29 is 9.21 Å². The molecule has 2 N–H and O–H groups in total. The first-order chi connectivity index (χ1) is 13.1. The van der Waals surface area contributed by atoms with Crippen molar-refractivity contribution in [3.63, 3.8) is 0 Å². The number of benzene rings is 2. The van der Waals surface area contributed by atoms with Gasteiger partial charge in [0, 0.05) is 17.2 Å². The molecule has 0 saturated heterocycles. The van der Waals surface area contributed by atoms with E-state index in [0.29, 0.717) is 0 Å². The van der Waals surface area contributed by atoms with Crippen molar-refractivity contribution in [1.29, 1.82) is 0 Å². The van der Waals surface area contributed by atoms with Gasteiger partial charge in [-0.3, -0.25) is 4.79 Å². The number of nitrogens with one attached hydrogen (secondary N) is 2. The fourth-order valence-electron chi connectivity index (χ4n) is 3.72. The summed E-state index contributed by atoms with van der Waals surface area (Å²) in [5, 5.41) is 4.16. The molecule has 0 aliphatic heterocycles. The maximum atomic E-state index is 12.7. The van der Waals surface area contributed by atoms with E-state index in [4.69, 9.17) is 4.42 Å². The van der Waals surface area contributed by atoms with E-state index < -0.39 is 0 Å². The fraction of sp³-hybridized carbons (Fsp3) is 0.273. The van der Waals surface area contributed by atoms with Crippen LogP contribution in [0.2, 0.25) is 0 Å². The Bertz CT molecular complexity index is 1120. The molecule has 2 heterocycles. The van der Waals surface area contributed by atoms with Crippen LogP contribution in [0.3, 0.4) is 0 Å². The summed E-state index contributed by atoms with van der Waals surface area (Å²) < 4.78 is 5.90. The molecule has 136 valence electrons. The molecule has 0 unspecified atom stereocenters. The first kappa shape index (κ1) is 16.1. The zero-order valence-electron chi connectivity index (χ0n) is 15.3. The smallest absolute Gasteiger partial charge is 0.224 e. The van der Waals surface area contributed by atoms with E-state index >= 15 is 0 Å². The molecule has 1 amide bonds. The van der Waals surface area contributed by atoms with Crippen molar-refractivity contribution in [3.05, 3.63) is 65.7 Å². The van der Waals surface area contributed by atoms with Gasteiger partial charge in [0.15, 0.2) is 0 Å². The molecular formula is C22H21N3O2. The van der Waals surface area contributed by atoms with Crippen molar-refractivity contribution >= 4 is 27.9 Å². The van der Waals surface area contributed by atoms with Gasteiger partial charge in [-0.2, -0.15) is 0 Å². The number of hydrogen-bond donors (Lipinski definition) is 2. The molecule has 5 nitrogen and oxygen atoms in total. The average molecular weight is 359 g/mol. The van der Waals surface area contributed by atoms with Crippen molar-refractivity contribution in [3.8, 4) is 0 Å². The van der Waals surface area contributed by atoms with E-state index in [0.717, 1.165) is 40.0 Å². The zero-order chi connectivity index (χ0) is 18.5. The largest absolute Gasteiger partial charge is 0.459 e. The highest BCUT2D eigenvalue weighted by molar-refractivity contribution is 5.84. The van der Waals surface area contributed by atoms with Gasteiger partial charge < -0.3 is 14.7 Å². The van der Waals surface area contributed by atoms with Gasteiger partial charge in [0.05, 0.1) is 17.1 Å². The fourth-order valence-corrected chi connectivity index (χ4v) is 3.72. The highest BCUT2D eigenvalue weighted by Gasteiger charge is 2.46. The number of aromatic amines is 1. The van der Waals surface area contributed by atoms with Gasteiger partial charge >= 0.3 is 0 Å². The second kappa shape index (κ2) is 5.98. The Hall–Kier alpha value is -3.08. The number of imidazole rings is 1. The number of rotatable bonds is 4. The van der Waals surface area contributed by atoms with Crippen LogP contribution >= 0.6 is 0 Å². The number of fused-ring (bicyclic) bond motifs is 2. The van der Waals surface area contributed by atoms with Crippen LogP contribution < -0.4 is 5.32 Å². The molecule has 5 heteroatoms. The number of para-hydroxylation sites is 2. The van der Waals surface area contributed by atoms with Crippen LogP contribution in [0.15, 0.2) is 52.9 Å².